The van der Waals surface area contributed by atoms with Crippen LogP contribution < -0.4 is 10.1 Å². The summed E-state index contributed by atoms with van der Waals surface area (Å²) in [6.07, 6.45) is 0.639. The molecule has 4 rings (SSSR count). The van der Waals surface area contributed by atoms with Crippen molar-refractivity contribution in [2.24, 2.45) is 0 Å². The van der Waals surface area contributed by atoms with Crippen LogP contribution in [0.25, 0.3) is 11.0 Å². The molecule has 0 spiro atoms. The fourth-order valence-corrected chi connectivity index (χ4v) is 4.09. The second kappa shape index (κ2) is 10.0. The van der Waals surface area contributed by atoms with Gasteiger partial charge in [0.1, 0.15) is 18.2 Å². The molecule has 1 aromatic heterocycles. The van der Waals surface area contributed by atoms with Crippen molar-refractivity contribution in [2.45, 2.75) is 26.8 Å². The highest BCUT2D eigenvalue weighted by molar-refractivity contribution is 9.10. The number of aryl methyl sites for hydroxylation is 2. The lowest BCUT2D eigenvalue weighted by Crippen LogP contribution is -2.26. The smallest absolute Gasteiger partial charge is 0.251 e. The number of ether oxygens (including phenoxy) is 1. The fourth-order valence-electron chi connectivity index (χ4n) is 3.82. The summed E-state index contributed by atoms with van der Waals surface area (Å²) in [5, 5.41) is 3.00. The quantitative estimate of drug-likeness (QED) is 0.355. The lowest BCUT2D eigenvalue weighted by atomic mass is 10.1. The maximum absolute atomic E-state index is 12.4. The van der Waals surface area contributed by atoms with E-state index in [1.807, 2.05) is 36.4 Å². The zero-order valence-electron chi connectivity index (χ0n) is 18.3. The van der Waals surface area contributed by atoms with Gasteiger partial charge in [-0.3, -0.25) is 4.79 Å². The minimum atomic E-state index is -0.0847. The minimum Gasteiger partial charge on any atom is -0.491 e. The average Bonchev–Trinajstić information content (AvgIpc) is 3.13. The maximum atomic E-state index is 12.4. The Balaban J connectivity index is 1.44. The second-order valence-electron chi connectivity index (χ2n) is 7.75. The van der Waals surface area contributed by atoms with Crippen molar-refractivity contribution in [3.8, 4) is 5.75 Å². The van der Waals surface area contributed by atoms with Gasteiger partial charge < -0.3 is 14.6 Å². The Hall–Kier alpha value is -3.12. The van der Waals surface area contributed by atoms with Crippen LogP contribution in [0.5, 0.6) is 5.75 Å². The molecule has 0 saturated carbocycles. The zero-order chi connectivity index (χ0) is 22.5. The van der Waals surface area contributed by atoms with Gasteiger partial charge in [0.2, 0.25) is 0 Å². The maximum Gasteiger partial charge on any atom is 0.251 e. The van der Waals surface area contributed by atoms with E-state index in [1.54, 1.807) is 12.1 Å². The topological polar surface area (TPSA) is 56.1 Å². The van der Waals surface area contributed by atoms with Crippen molar-refractivity contribution < 1.29 is 9.53 Å². The van der Waals surface area contributed by atoms with Crippen LogP contribution >= 0.6 is 15.9 Å². The summed E-state index contributed by atoms with van der Waals surface area (Å²) in [5.74, 6) is 1.80. The average molecular weight is 492 g/mol. The number of imidazole rings is 1. The number of aromatic nitrogens is 2. The number of nitrogens with zero attached hydrogens (tertiary/aromatic N) is 2. The molecule has 3 aromatic carbocycles. The predicted molar refractivity (Wildman–Crippen MR) is 131 cm³/mol. The lowest BCUT2D eigenvalue weighted by Gasteiger charge is -2.14. The number of amides is 1. The molecular formula is C26H26BrN3O2. The first kappa shape index (κ1) is 22.1. The highest BCUT2D eigenvalue weighted by Crippen LogP contribution is 2.23. The first-order chi connectivity index (χ1) is 15.5. The highest BCUT2D eigenvalue weighted by Gasteiger charge is 2.12. The summed E-state index contributed by atoms with van der Waals surface area (Å²) in [4.78, 5) is 17.2. The molecule has 164 valence electrons. The number of hydrogen-bond acceptors (Lipinski definition) is 3. The van der Waals surface area contributed by atoms with Crippen molar-refractivity contribution in [3.05, 3.63) is 93.7 Å². The highest BCUT2D eigenvalue weighted by atomic mass is 79.9. The van der Waals surface area contributed by atoms with Crippen LogP contribution in [0.15, 0.2) is 71.2 Å². The van der Waals surface area contributed by atoms with Gasteiger partial charge in [-0.05, 0) is 61.4 Å². The first-order valence-corrected chi connectivity index (χ1v) is 11.5. The number of carbonyl (C=O) groups excluding carboxylic acids is 1. The van der Waals surface area contributed by atoms with Gasteiger partial charge in [0.15, 0.2) is 0 Å². The van der Waals surface area contributed by atoms with E-state index in [0.29, 0.717) is 31.7 Å². The van der Waals surface area contributed by atoms with E-state index in [-0.39, 0.29) is 5.91 Å². The van der Waals surface area contributed by atoms with Crippen LogP contribution in [-0.2, 0) is 13.0 Å². The van der Waals surface area contributed by atoms with Gasteiger partial charge in [-0.15, -0.1) is 0 Å². The third kappa shape index (κ3) is 5.02. The molecule has 0 fully saturated rings. The molecule has 0 bridgehead atoms. The number of halogens is 1. The van der Waals surface area contributed by atoms with Gasteiger partial charge in [0, 0.05) is 23.0 Å². The van der Waals surface area contributed by atoms with Gasteiger partial charge in [-0.2, -0.15) is 0 Å². The summed E-state index contributed by atoms with van der Waals surface area (Å²) in [6, 6.07) is 21.6. The first-order valence-electron chi connectivity index (χ1n) is 10.7. The predicted octanol–water partition coefficient (Wildman–Crippen LogP) is 5.47. The van der Waals surface area contributed by atoms with Gasteiger partial charge in [-0.25, -0.2) is 4.98 Å². The van der Waals surface area contributed by atoms with Crippen LogP contribution in [-0.4, -0.2) is 28.6 Å². The molecule has 1 amide bonds. The molecule has 4 aromatic rings. The van der Waals surface area contributed by atoms with Crippen molar-refractivity contribution in [2.75, 3.05) is 13.2 Å². The number of benzene rings is 3. The second-order valence-corrected chi connectivity index (χ2v) is 8.67. The largest absolute Gasteiger partial charge is 0.491 e. The summed E-state index contributed by atoms with van der Waals surface area (Å²) in [5.41, 5.74) is 4.94. The van der Waals surface area contributed by atoms with Crippen molar-refractivity contribution in [1.82, 2.24) is 14.9 Å². The Kier molecular flexibility index (Phi) is 6.90. The normalized spacial score (nSPS) is 11.0. The van der Waals surface area contributed by atoms with Gasteiger partial charge in [0.05, 0.1) is 17.6 Å². The number of fused-ring (bicyclic) bond motifs is 1. The number of nitrogens with one attached hydrogen (secondary N) is 1. The molecule has 1 heterocycles. The van der Waals surface area contributed by atoms with Crippen molar-refractivity contribution in [1.29, 1.82) is 0 Å². The number of rotatable bonds is 8. The summed E-state index contributed by atoms with van der Waals surface area (Å²) in [6.45, 7) is 5.87. The molecule has 0 radical (unpaired) electrons. The van der Waals surface area contributed by atoms with E-state index in [9.17, 15) is 4.79 Å². The Morgan fingerprint density at radius 3 is 2.47 bits per heavy atom. The summed E-state index contributed by atoms with van der Waals surface area (Å²) < 4.78 is 9.27. The molecule has 0 unspecified atom stereocenters. The number of para-hydroxylation sites is 3. The Bertz CT molecular complexity index is 1210. The van der Waals surface area contributed by atoms with E-state index in [1.165, 1.54) is 0 Å². The van der Waals surface area contributed by atoms with Crippen molar-refractivity contribution >= 4 is 32.9 Å². The van der Waals surface area contributed by atoms with Crippen LogP contribution in [0.1, 0.15) is 27.3 Å². The number of carbonyl (C=O) groups is 1. The van der Waals surface area contributed by atoms with E-state index in [2.05, 4.69) is 57.9 Å². The van der Waals surface area contributed by atoms with Crippen LogP contribution in [0.3, 0.4) is 0 Å². The molecule has 1 N–H and O–H groups in total. The third-order valence-electron chi connectivity index (χ3n) is 5.44. The molecule has 0 atom stereocenters. The zero-order valence-corrected chi connectivity index (χ0v) is 19.9. The Morgan fingerprint density at radius 2 is 1.72 bits per heavy atom. The summed E-state index contributed by atoms with van der Waals surface area (Å²) >= 11 is 3.39. The summed E-state index contributed by atoms with van der Waals surface area (Å²) in [7, 11) is 0. The third-order valence-corrected chi connectivity index (χ3v) is 5.97. The standard InChI is InChI=1S/C26H26BrN3O2/c1-18-6-5-7-19(2)25(18)32-17-16-30-23-9-4-3-8-22(23)29-24(30)14-15-28-26(31)20-10-12-21(27)13-11-20/h3-13H,14-17H2,1-2H3,(H,28,31). The minimum absolute atomic E-state index is 0.0847. The molecular weight excluding hydrogens is 466 g/mol. The lowest BCUT2D eigenvalue weighted by molar-refractivity contribution is 0.0954. The Labute approximate surface area is 196 Å². The van der Waals surface area contributed by atoms with E-state index < -0.39 is 0 Å². The molecule has 0 saturated heterocycles. The van der Waals surface area contributed by atoms with Gasteiger partial charge in [0.25, 0.3) is 5.91 Å². The van der Waals surface area contributed by atoms with E-state index in [0.717, 1.165) is 38.2 Å². The SMILES string of the molecule is Cc1cccc(C)c1OCCn1c(CCNC(=O)c2ccc(Br)cc2)nc2ccccc21. The molecule has 0 aliphatic heterocycles. The molecule has 6 heteroatoms. The monoisotopic (exact) mass is 491 g/mol. The molecule has 0 aliphatic carbocycles. The molecule has 5 nitrogen and oxygen atoms in total. The van der Waals surface area contributed by atoms with Crippen LogP contribution in [0, 0.1) is 13.8 Å². The Morgan fingerprint density at radius 1 is 1.00 bits per heavy atom. The van der Waals surface area contributed by atoms with Gasteiger partial charge in [-0.1, -0.05) is 46.3 Å². The number of hydrogen-bond donors (Lipinski definition) is 1. The van der Waals surface area contributed by atoms with Gasteiger partial charge >= 0.3 is 0 Å². The van der Waals surface area contributed by atoms with Crippen molar-refractivity contribution in [3.63, 3.8) is 0 Å². The van der Waals surface area contributed by atoms with Crippen LogP contribution in [0.4, 0.5) is 0 Å². The van der Waals surface area contributed by atoms with Crippen LogP contribution in [0.2, 0.25) is 0 Å². The van der Waals surface area contributed by atoms with E-state index in [4.69, 9.17) is 9.72 Å². The van der Waals surface area contributed by atoms with E-state index >= 15 is 0 Å². The molecule has 32 heavy (non-hydrogen) atoms. The molecule has 0 aliphatic rings. The fraction of sp³-hybridized carbons (Fsp3) is 0.231.